The number of carbonyl (C=O) groups excluding carboxylic acids is 2. The zero-order chi connectivity index (χ0) is 12.8. The van der Waals surface area contributed by atoms with E-state index in [2.05, 4.69) is 0 Å². The lowest BCUT2D eigenvalue weighted by molar-refractivity contribution is -0.142. The van der Waals surface area contributed by atoms with Crippen LogP contribution in [-0.2, 0) is 14.3 Å². The Hall–Kier alpha value is -1.67. The van der Waals surface area contributed by atoms with Crippen molar-refractivity contribution in [2.45, 2.75) is 12.5 Å². The average Bonchev–Trinajstić information content (AvgIpc) is 2.14. The van der Waals surface area contributed by atoms with Crippen LogP contribution < -0.4 is 11.1 Å². The third-order valence-corrected chi connectivity index (χ3v) is 2.26. The van der Waals surface area contributed by atoms with Gasteiger partial charge in [0.25, 0.3) is 0 Å². The van der Waals surface area contributed by atoms with E-state index in [-0.39, 0.29) is 13.0 Å². The summed E-state index contributed by atoms with van der Waals surface area (Å²) in [6, 6.07) is -0.898. The zero-order valence-corrected chi connectivity index (χ0v) is 9.22. The molecule has 1 atom stereocenters. The van der Waals surface area contributed by atoms with Crippen LogP contribution in [0.1, 0.15) is 6.42 Å². The molecule has 0 bridgehead atoms. The molecule has 0 aromatic carbocycles. The Morgan fingerprint density at radius 1 is 1.47 bits per heavy atom. The van der Waals surface area contributed by atoms with Crippen LogP contribution in [0.2, 0.25) is 0 Å². The fourth-order valence-electron chi connectivity index (χ4n) is 1.62. The number of ether oxygens (including phenoxy) is 1. The Kier molecular flexibility index (Phi) is 4.85. The number of hydrogen-bond donors (Lipinski definition) is 3. The van der Waals surface area contributed by atoms with E-state index >= 15 is 0 Å². The van der Waals surface area contributed by atoms with Crippen LogP contribution in [0.4, 0.5) is 4.79 Å². The number of amides is 3. The third-order valence-electron chi connectivity index (χ3n) is 2.26. The Morgan fingerprint density at radius 2 is 2.18 bits per heavy atom. The predicted octanol–water partition coefficient (Wildman–Crippen LogP) is -1.64. The Bertz CT molecular complexity index is 320. The summed E-state index contributed by atoms with van der Waals surface area (Å²) in [6.45, 7) is 1.23. The standard InChI is InChI=1S/C9H15N3O5/c10-9(16)11-7(13)5-12-1-2-17-6(4-12)3-8(14)15/h6H,1-5H2,(H,14,15)(H3,10,11,13,16). The van der Waals surface area contributed by atoms with Gasteiger partial charge in [-0.05, 0) is 0 Å². The molecule has 17 heavy (non-hydrogen) atoms. The van der Waals surface area contributed by atoms with Crippen LogP contribution in [0.25, 0.3) is 0 Å². The molecule has 1 unspecified atom stereocenters. The van der Waals surface area contributed by atoms with Crippen LogP contribution in [0, 0.1) is 0 Å². The molecule has 0 radical (unpaired) electrons. The summed E-state index contributed by atoms with van der Waals surface area (Å²) in [5.74, 6) is -1.45. The van der Waals surface area contributed by atoms with Gasteiger partial charge in [0.05, 0.1) is 25.7 Å². The van der Waals surface area contributed by atoms with Crippen molar-refractivity contribution < 1.29 is 24.2 Å². The first-order chi connectivity index (χ1) is 7.97. The predicted molar refractivity (Wildman–Crippen MR) is 56.2 cm³/mol. The molecule has 0 aromatic heterocycles. The lowest BCUT2D eigenvalue weighted by Gasteiger charge is -2.31. The van der Waals surface area contributed by atoms with Gasteiger partial charge in [0.15, 0.2) is 0 Å². The molecule has 1 fully saturated rings. The molecule has 4 N–H and O–H groups in total. The molecule has 3 amide bonds. The van der Waals surface area contributed by atoms with Gasteiger partial charge in [-0.1, -0.05) is 0 Å². The maximum atomic E-state index is 11.2. The highest BCUT2D eigenvalue weighted by atomic mass is 16.5. The van der Waals surface area contributed by atoms with Crippen molar-refractivity contribution in [3.63, 3.8) is 0 Å². The van der Waals surface area contributed by atoms with Crippen LogP contribution in [0.5, 0.6) is 0 Å². The zero-order valence-electron chi connectivity index (χ0n) is 9.22. The molecule has 96 valence electrons. The number of primary amides is 1. The maximum absolute atomic E-state index is 11.2. The number of carboxylic acid groups (broad SMARTS) is 1. The maximum Gasteiger partial charge on any atom is 0.318 e. The normalized spacial score (nSPS) is 20.8. The fourth-order valence-corrected chi connectivity index (χ4v) is 1.62. The fraction of sp³-hybridized carbons (Fsp3) is 0.667. The number of nitrogens with one attached hydrogen (secondary N) is 1. The van der Waals surface area contributed by atoms with Gasteiger partial charge in [0, 0.05) is 13.1 Å². The number of rotatable bonds is 4. The molecule has 0 aromatic rings. The molecular weight excluding hydrogens is 230 g/mol. The summed E-state index contributed by atoms with van der Waals surface area (Å²) >= 11 is 0. The lowest BCUT2D eigenvalue weighted by Crippen LogP contribution is -2.48. The van der Waals surface area contributed by atoms with Crippen molar-refractivity contribution in [3.05, 3.63) is 0 Å². The van der Waals surface area contributed by atoms with E-state index in [1.54, 1.807) is 4.90 Å². The van der Waals surface area contributed by atoms with Gasteiger partial charge < -0.3 is 15.6 Å². The Morgan fingerprint density at radius 3 is 2.76 bits per heavy atom. The van der Waals surface area contributed by atoms with E-state index in [0.717, 1.165) is 0 Å². The van der Waals surface area contributed by atoms with Gasteiger partial charge in [-0.15, -0.1) is 0 Å². The summed E-state index contributed by atoms with van der Waals surface area (Å²) in [7, 11) is 0. The molecule has 1 aliphatic rings. The van der Waals surface area contributed by atoms with E-state index in [1.807, 2.05) is 5.32 Å². The minimum atomic E-state index is -0.946. The largest absolute Gasteiger partial charge is 0.481 e. The molecule has 1 saturated heterocycles. The first kappa shape index (κ1) is 13.4. The van der Waals surface area contributed by atoms with Gasteiger partial charge in [-0.25, -0.2) is 4.79 Å². The van der Waals surface area contributed by atoms with E-state index in [4.69, 9.17) is 15.6 Å². The van der Waals surface area contributed by atoms with E-state index in [1.165, 1.54) is 0 Å². The number of imide groups is 1. The minimum absolute atomic E-state index is 0.00240. The first-order valence-electron chi connectivity index (χ1n) is 5.12. The molecule has 8 heteroatoms. The third kappa shape index (κ3) is 5.27. The summed E-state index contributed by atoms with van der Waals surface area (Å²) in [5, 5.41) is 10.6. The molecule has 0 spiro atoms. The number of nitrogens with two attached hydrogens (primary N) is 1. The lowest BCUT2D eigenvalue weighted by atomic mass is 10.2. The molecule has 0 saturated carbocycles. The van der Waals surface area contributed by atoms with Gasteiger partial charge in [0.2, 0.25) is 5.91 Å². The summed E-state index contributed by atoms with van der Waals surface area (Å²) in [6.07, 6.45) is -0.531. The van der Waals surface area contributed by atoms with Gasteiger partial charge in [-0.3, -0.25) is 19.8 Å². The molecule has 8 nitrogen and oxygen atoms in total. The van der Waals surface area contributed by atoms with Crippen molar-refractivity contribution in [1.29, 1.82) is 0 Å². The van der Waals surface area contributed by atoms with Crippen molar-refractivity contribution in [3.8, 4) is 0 Å². The van der Waals surface area contributed by atoms with Crippen molar-refractivity contribution in [2.75, 3.05) is 26.2 Å². The number of carbonyl (C=O) groups is 3. The molecule has 1 aliphatic heterocycles. The molecule has 0 aliphatic carbocycles. The van der Waals surface area contributed by atoms with Crippen molar-refractivity contribution >= 4 is 17.9 Å². The van der Waals surface area contributed by atoms with Crippen LogP contribution in [0.3, 0.4) is 0 Å². The number of morpholine rings is 1. The summed E-state index contributed by atoms with van der Waals surface area (Å²) in [4.78, 5) is 33.9. The monoisotopic (exact) mass is 245 g/mol. The smallest absolute Gasteiger partial charge is 0.318 e. The number of aliphatic carboxylic acids is 1. The number of carboxylic acids is 1. The molecule has 1 heterocycles. The van der Waals surface area contributed by atoms with E-state index in [9.17, 15) is 14.4 Å². The summed E-state index contributed by atoms with van der Waals surface area (Å²) in [5.41, 5.74) is 4.80. The van der Waals surface area contributed by atoms with E-state index in [0.29, 0.717) is 19.7 Å². The molecule has 1 rings (SSSR count). The Balaban J connectivity index is 2.36. The van der Waals surface area contributed by atoms with Crippen LogP contribution in [-0.4, -0.2) is 60.3 Å². The highest BCUT2D eigenvalue weighted by Crippen LogP contribution is 2.08. The highest BCUT2D eigenvalue weighted by Gasteiger charge is 2.24. The first-order valence-corrected chi connectivity index (χ1v) is 5.12. The summed E-state index contributed by atoms with van der Waals surface area (Å²) < 4.78 is 5.24. The van der Waals surface area contributed by atoms with Gasteiger partial charge in [0.1, 0.15) is 0 Å². The average molecular weight is 245 g/mol. The topological polar surface area (TPSA) is 122 Å². The van der Waals surface area contributed by atoms with Crippen LogP contribution >= 0.6 is 0 Å². The second kappa shape index (κ2) is 6.16. The van der Waals surface area contributed by atoms with Crippen LogP contribution in [0.15, 0.2) is 0 Å². The van der Waals surface area contributed by atoms with Crippen molar-refractivity contribution in [1.82, 2.24) is 10.2 Å². The van der Waals surface area contributed by atoms with Gasteiger partial charge in [-0.2, -0.15) is 0 Å². The quantitative estimate of drug-likeness (QED) is 0.546. The van der Waals surface area contributed by atoms with Gasteiger partial charge >= 0.3 is 12.0 Å². The van der Waals surface area contributed by atoms with E-state index < -0.39 is 24.0 Å². The highest BCUT2D eigenvalue weighted by molar-refractivity contribution is 5.94. The molecular formula is C9H15N3O5. The second-order valence-corrected chi connectivity index (χ2v) is 3.74. The number of hydrogen-bond acceptors (Lipinski definition) is 5. The SMILES string of the molecule is NC(=O)NC(=O)CN1CCOC(CC(=O)O)C1. The minimum Gasteiger partial charge on any atom is -0.481 e. The number of urea groups is 1. The van der Waals surface area contributed by atoms with Crippen molar-refractivity contribution in [2.24, 2.45) is 5.73 Å². The number of nitrogens with zero attached hydrogens (tertiary/aromatic N) is 1. The second-order valence-electron chi connectivity index (χ2n) is 3.74. The Labute approximate surface area is 97.7 Å².